The molecule has 0 saturated heterocycles. The summed E-state index contributed by atoms with van der Waals surface area (Å²) in [6.07, 6.45) is 13.5. The smallest absolute Gasteiger partial charge is 0.207 e. The number of ketones is 4. The number of para-hydroxylation sites is 3. The van der Waals surface area contributed by atoms with Crippen LogP contribution in [0.25, 0.3) is 0 Å². The van der Waals surface area contributed by atoms with E-state index in [0.29, 0.717) is 57.9 Å². The third kappa shape index (κ3) is 22.9. The van der Waals surface area contributed by atoms with Crippen molar-refractivity contribution < 1.29 is 33.4 Å². The largest absolute Gasteiger partial charge is 0.496 e. The van der Waals surface area contributed by atoms with Gasteiger partial charge in [0.1, 0.15) is 17.2 Å². The fourth-order valence-electron chi connectivity index (χ4n) is 9.77. The maximum atomic E-state index is 13.2. The molecule has 0 atom stereocenters. The summed E-state index contributed by atoms with van der Waals surface area (Å²) in [6, 6.07) is 24.7. The lowest BCUT2D eigenvalue weighted by atomic mass is 9.87. The number of carbonyl (C=O) groups excluding carboxylic acids is 4. The second-order valence-electron chi connectivity index (χ2n) is 20.7. The van der Waals surface area contributed by atoms with E-state index in [2.05, 4.69) is 82.5 Å². The topological polar surface area (TPSA) is 156 Å². The van der Waals surface area contributed by atoms with Crippen molar-refractivity contribution in [3.05, 3.63) is 134 Å². The number of benzene rings is 3. The van der Waals surface area contributed by atoms with Crippen LogP contribution in [0.15, 0.2) is 118 Å². The van der Waals surface area contributed by atoms with Crippen LogP contribution < -0.4 is 30.6 Å². The second-order valence-corrected chi connectivity index (χ2v) is 20.7. The maximum absolute atomic E-state index is 13.2. The van der Waals surface area contributed by atoms with E-state index in [4.69, 9.17) is 19.9 Å². The van der Waals surface area contributed by atoms with Crippen molar-refractivity contribution in [3.63, 3.8) is 0 Å². The summed E-state index contributed by atoms with van der Waals surface area (Å²) in [5.74, 6) is 2.74. The molecule has 444 valence electrons. The Morgan fingerprint density at radius 2 is 0.662 bits per heavy atom. The molecule has 13 heteroatoms. The molecular weight excluding hydrogens is 1000 g/mol. The van der Waals surface area contributed by atoms with Crippen molar-refractivity contribution >= 4 is 23.1 Å². The first-order valence-electron chi connectivity index (χ1n) is 29.3. The van der Waals surface area contributed by atoms with E-state index in [1.807, 2.05) is 36.4 Å². The van der Waals surface area contributed by atoms with Crippen molar-refractivity contribution in [1.82, 2.24) is 25.3 Å². The van der Waals surface area contributed by atoms with Gasteiger partial charge in [-0.3, -0.25) is 33.9 Å². The molecule has 0 spiro atoms. The Morgan fingerprint density at radius 3 is 0.938 bits per heavy atom. The van der Waals surface area contributed by atoms with Crippen LogP contribution in [-0.4, -0.2) is 118 Å². The van der Waals surface area contributed by atoms with E-state index in [1.54, 1.807) is 62.9 Å². The van der Waals surface area contributed by atoms with Gasteiger partial charge in [-0.25, -0.2) is 0 Å². The quantitative estimate of drug-likeness (QED) is 0.0384. The zero-order valence-electron chi connectivity index (χ0n) is 50.7. The average molecular weight is 1110 g/mol. The van der Waals surface area contributed by atoms with Crippen molar-refractivity contribution in [1.29, 1.82) is 0 Å². The van der Waals surface area contributed by atoms with Crippen LogP contribution in [-0.2, 0) is 38.8 Å². The Labute approximate surface area is 483 Å². The van der Waals surface area contributed by atoms with Crippen LogP contribution in [0.4, 0.5) is 0 Å². The molecule has 0 heterocycles. The molecule has 0 unspecified atom stereocenters. The number of nitrogens with two attached hydrogens (primary N) is 1. The maximum Gasteiger partial charge on any atom is 0.207 e. The predicted molar refractivity (Wildman–Crippen MR) is 331 cm³/mol. The normalized spacial score (nSPS) is 13.7. The molecule has 0 bridgehead atoms. The summed E-state index contributed by atoms with van der Waals surface area (Å²) in [5, 5.41) is 6.59. The summed E-state index contributed by atoms with van der Waals surface area (Å²) in [5.41, 5.74) is 13.5. The average Bonchev–Trinajstić information content (AvgIpc) is 3.50. The first kappa shape index (κ1) is 70.2. The number of allylic oxidation sites excluding steroid dienone is 6. The molecule has 0 radical (unpaired) electrons. The Morgan fingerprint density at radius 1 is 0.388 bits per heavy atom. The molecule has 0 amide bonds. The fraction of sp³-hybridized carbons (Fsp3) is 0.552. The molecule has 4 N–H and O–H groups in total. The molecule has 5 rings (SSSR count). The number of methoxy groups -OCH3 is 3. The predicted octanol–water partition coefficient (Wildman–Crippen LogP) is 12.5. The molecule has 0 fully saturated rings. The van der Waals surface area contributed by atoms with Gasteiger partial charge in [0.25, 0.3) is 0 Å². The van der Waals surface area contributed by atoms with Gasteiger partial charge in [0.05, 0.1) is 32.7 Å². The molecule has 2 aliphatic carbocycles. The van der Waals surface area contributed by atoms with Gasteiger partial charge in [0, 0.05) is 82.9 Å². The summed E-state index contributed by atoms with van der Waals surface area (Å²) < 4.78 is 16.4. The molecule has 3 aromatic rings. The second kappa shape index (κ2) is 39.5. The van der Waals surface area contributed by atoms with Gasteiger partial charge in [0.2, 0.25) is 11.6 Å². The van der Waals surface area contributed by atoms with Crippen LogP contribution in [0.3, 0.4) is 0 Å². The summed E-state index contributed by atoms with van der Waals surface area (Å²) >= 11 is 0. The highest BCUT2D eigenvalue weighted by molar-refractivity contribution is 6.25. The van der Waals surface area contributed by atoms with Crippen LogP contribution in [0, 0.1) is 0 Å². The Kier molecular flexibility index (Phi) is 34.7. The lowest BCUT2D eigenvalue weighted by molar-refractivity contribution is -0.117. The van der Waals surface area contributed by atoms with E-state index in [0.717, 1.165) is 140 Å². The molecule has 3 aromatic carbocycles. The van der Waals surface area contributed by atoms with E-state index >= 15 is 0 Å². The number of ether oxygens (including phenoxy) is 3. The highest BCUT2D eigenvalue weighted by Gasteiger charge is 2.30. The molecule has 0 aliphatic heterocycles. The van der Waals surface area contributed by atoms with Gasteiger partial charge in [-0.2, -0.15) is 0 Å². The van der Waals surface area contributed by atoms with E-state index < -0.39 is 0 Å². The van der Waals surface area contributed by atoms with Crippen molar-refractivity contribution in [2.45, 2.75) is 166 Å². The van der Waals surface area contributed by atoms with Gasteiger partial charge < -0.3 is 30.6 Å². The number of nitrogens with zero attached hydrogens (tertiary/aromatic N) is 3. The van der Waals surface area contributed by atoms with E-state index in [1.165, 1.54) is 36.0 Å². The summed E-state index contributed by atoms with van der Waals surface area (Å²) in [4.78, 5) is 56.6. The minimum atomic E-state index is -0.0702. The van der Waals surface area contributed by atoms with E-state index in [9.17, 15) is 19.2 Å². The summed E-state index contributed by atoms with van der Waals surface area (Å²) in [6.45, 7) is 28.2. The van der Waals surface area contributed by atoms with Gasteiger partial charge in [-0.1, -0.05) is 121 Å². The number of carbonyl (C=O) groups is 4. The Hall–Kier alpha value is -5.86. The number of Topliss-reactive ketones (excluding diaryl/α,β-unsaturated/α-hetero) is 4. The SMILES string of the molecule is C.CC1=C(C)C(=O)C(C)=C(C)C1=O.CCN(CCCCCCN)Cc1ccccc1OC.CCN(CCCCCCNC1=C(C)C(=O)C(NCCCCCCN(CC)Cc2ccccc2OC)=C(C)C1=O)Cc1ccccc1OC. The minimum absolute atomic E-state index is 0. The molecular formula is C67H104N6O7. The van der Waals surface area contributed by atoms with E-state index in [-0.39, 0.29) is 30.6 Å². The van der Waals surface area contributed by atoms with Crippen LogP contribution in [0.2, 0.25) is 0 Å². The van der Waals surface area contributed by atoms with Gasteiger partial charge in [-0.15, -0.1) is 0 Å². The third-order valence-corrected chi connectivity index (χ3v) is 15.3. The van der Waals surface area contributed by atoms with Gasteiger partial charge in [-0.05, 0) is 144 Å². The van der Waals surface area contributed by atoms with Crippen LogP contribution >= 0.6 is 0 Å². The number of unbranched alkanes of at least 4 members (excludes halogenated alkanes) is 9. The lowest BCUT2D eigenvalue weighted by Crippen LogP contribution is -2.35. The lowest BCUT2D eigenvalue weighted by Gasteiger charge is -2.23. The first-order valence-corrected chi connectivity index (χ1v) is 29.3. The number of nitrogens with one attached hydrogen (secondary N) is 2. The van der Waals surface area contributed by atoms with Crippen LogP contribution in [0.1, 0.15) is 163 Å². The van der Waals surface area contributed by atoms with Crippen molar-refractivity contribution in [2.75, 3.05) is 80.2 Å². The number of rotatable bonds is 34. The zero-order valence-corrected chi connectivity index (χ0v) is 50.7. The van der Waals surface area contributed by atoms with Crippen molar-refractivity contribution in [3.8, 4) is 17.2 Å². The molecule has 0 saturated carbocycles. The third-order valence-electron chi connectivity index (χ3n) is 15.3. The fourth-order valence-corrected chi connectivity index (χ4v) is 9.77. The highest BCUT2D eigenvalue weighted by Crippen LogP contribution is 2.26. The minimum Gasteiger partial charge on any atom is -0.496 e. The molecule has 2 aliphatic rings. The summed E-state index contributed by atoms with van der Waals surface area (Å²) in [7, 11) is 5.19. The van der Waals surface area contributed by atoms with Gasteiger partial charge in [0.15, 0.2) is 11.6 Å². The van der Waals surface area contributed by atoms with Crippen molar-refractivity contribution in [2.24, 2.45) is 5.73 Å². The standard InChI is InChI=1S/C40H60N4O4.C16H28N2O.C10H12O2.CH4/c1-7-43(29-33-21-13-15-23-35(33)47-5)27-19-11-9-17-25-41-37-31(3)40(46)38(32(4)39(37)45)42-26-18-10-12-20-28-44(8-2)30-34-22-14-16-24-36(34)48-6;1-3-18(13-9-5-4-8-12-17)14-15-10-6-7-11-16(15)19-2;1-5-6(2)10(12)8(4)7(3)9(5)11;/h13-16,21-24,41-42H,7-12,17-20,25-30H2,1-6H3;6-7,10-11H,3-5,8-9,12-14,17H2,1-2H3;1-4H3;1H4. The Balaban J connectivity index is 0.000000554. The highest BCUT2D eigenvalue weighted by atomic mass is 16.5. The molecule has 0 aromatic heterocycles. The van der Waals surface area contributed by atoms with Crippen LogP contribution in [0.5, 0.6) is 17.2 Å². The molecule has 80 heavy (non-hydrogen) atoms. The Bertz CT molecular complexity index is 2340. The molecule has 13 nitrogen and oxygen atoms in total. The monoisotopic (exact) mass is 1100 g/mol. The zero-order chi connectivity index (χ0) is 58.1. The number of hydrogen-bond acceptors (Lipinski definition) is 13. The first-order chi connectivity index (χ1) is 38.1. The number of hydrogen-bond donors (Lipinski definition) is 3. The van der Waals surface area contributed by atoms with Gasteiger partial charge >= 0.3 is 0 Å².